The Morgan fingerprint density at radius 1 is 0.382 bits per heavy atom. The average Bonchev–Trinajstić information content (AvgIpc) is 3.83. The van der Waals surface area contributed by atoms with Crippen LogP contribution in [0.4, 0.5) is 17.1 Å². The SMILES string of the molecule is c1cc(-c2ccc3ccccc3c2)cc(N(c2ccc(-c3cccc4c3oc3ccccc34)cc2)c2ccccc2-c2cccc3sc4ccccc4c23)c1. The first kappa shape index (κ1) is 31.6. The lowest BCUT2D eigenvalue weighted by molar-refractivity contribution is 0.670. The van der Waals surface area contributed by atoms with Crippen LogP contribution in [-0.4, -0.2) is 0 Å². The van der Waals surface area contributed by atoms with Crippen molar-refractivity contribution in [1.29, 1.82) is 0 Å². The van der Waals surface area contributed by atoms with Gasteiger partial charge in [0.1, 0.15) is 11.2 Å². The molecule has 0 aliphatic carbocycles. The fourth-order valence-corrected chi connectivity index (χ4v) is 9.41. The molecule has 0 bridgehead atoms. The Morgan fingerprint density at radius 2 is 1.04 bits per heavy atom. The molecule has 0 aliphatic heterocycles. The van der Waals surface area contributed by atoms with Crippen LogP contribution >= 0.6 is 11.3 Å². The summed E-state index contributed by atoms with van der Waals surface area (Å²) in [5, 5.41) is 7.34. The van der Waals surface area contributed by atoms with Crippen molar-refractivity contribution in [2.75, 3.05) is 4.90 Å². The van der Waals surface area contributed by atoms with Gasteiger partial charge in [0.25, 0.3) is 0 Å². The second kappa shape index (κ2) is 12.9. The van der Waals surface area contributed by atoms with Gasteiger partial charge >= 0.3 is 0 Å². The zero-order valence-corrected chi connectivity index (χ0v) is 30.6. The van der Waals surface area contributed by atoms with Crippen LogP contribution in [0.25, 0.3) is 86.3 Å². The lowest BCUT2D eigenvalue weighted by Crippen LogP contribution is -2.11. The van der Waals surface area contributed by atoms with E-state index in [1.54, 1.807) is 0 Å². The molecule has 0 atom stereocenters. The fourth-order valence-electron chi connectivity index (χ4n) is 8.28. The van der Waals surface area contributed by atoms with Gasteiger partial charge in [-0.2, -0.15) is 0 Å². The van der Waals surface area contributed by atoms with E-state index in [4.69, 9.17) is 4.42 Å². The van der Waals surface area contributed by atoms with Crippen LogP contribution in [-0.2, 0) is 0 Å². The van der Waals surface area contributed by atoms with E-state index in [0.29, 0.717) is 0 Å². The summed E-state index contributed by atoms with van der Waals surface area (Å²) >= 11 is 1.86. The van der Waals surface area contributed by atoms with Crippen LogP contribution in [0.1, 0.15) is 0 Å². The Bertz CT molecular complexity index is 3220. The number of thiophene rings is 1. The first-order chi connectivity index (χ1) is 27.3. The number of benzene rings is 9. The monoisotopic (exact) mass is 719 g/mol. The van der Waals surface area contributed by atoms with Crippen molar-refractivity contribution in [3.63, 3.8) is 0 Å². The third-order valence-electron chi connectivity index (χ3n) is 10.9. The predicted octanol–water partition coefficient (Wildman–Crippen LogP) is 15.6. The number of anilines is 3. The number of hydrogen-bond acceptors (Lipinski definition) is 3. The maximum Gasteiger partial charge on any atom is 0.143 e. The molecule has 0 aliphatic rings. The van der Waals surface area contributed by atoms with Crippen LogP contribution in [0.15, 0.2) is 205 Å². The van der Waals surface area contributed by atoms with Gasteiger partial charge < -0.3 is 9.32 Å². The quantitative estimate of drug-likeness (QED) is 0.170. The van der Waals surface area contributed by atoms with E-state index in [9.17, 15) is 0 Å². The van der Waals surface area contributed by atoms with Gasteiger partial charge in [-0.1, -0.05) is 146 Å². The van der Waals surface area contributed by atoms with Gasteiger partial charge in [-0.3, -0.25) is 0 Å². The molecule has 0 unspecified atom stereocenters. The molecule has 3 heteroatoms. The summed E-state index contributed by atoms with van der Waals surface area (Å²) in [7, 11) is 0. The maximum atomic E-state index is 6.45. The molecule has 0 N–H and O–H groups in total. The van der Waals surface area contributed by atoms with E-state index < -0.39 is 0 Å². The smallest absolute Gasteiger partial charge is 0.143 e. The third kappa shape index (κ3) is 5.32. The minimum absolute atomic E-state index is 0.907. The lowest BCUT2D eigenvalue weighted by Gasteiger charge is -2.28. The highest BCUT2D eigenvalue weighted by atomic mass is 32.1. The van der Waals surface area contributed by atoms with Crippen LogP contribution in [0.2, 0.25) is 0 Å². The zero-order chi connectivity index (χ0) is 36.3. The van der Waals surface area contributed by atoms with E-state index in [0.717, 1.165) is 50.1 Å². The Morgan fingerprint density at radius 3 is 1.96 bits per heavy atom. The van der Waals surface area contributed by atoms with E-state index in [1.807, 2.05) is 23.5 Å². The molecule has 0 saturated heterocycles. The molecule has 0 radical (unpaired) electrons. The van der Waals surface area contributed by atoms with Gasteiger partial charge in [0.05, 0.1) is 5.69 Å². The van der Waals surface area contributed by atoms with Crippen molar-refractivity contribution >= 4 is 81.3 Å². The van der Waals surface area contributed by atoms with Crippen molar-refractivity contribution in [2.45, 2.75) is 0 Å². The van der Waals surface area contributed by atoms with E-state index >= 15 is 0 Å². The van der Waals surface area contributed by atoms with Crippen LogP contribution in [0.3, 0.4) is 0 Å². The number of furan rings is 1. The standard InChI is InChI=1S/C52H33NOS/c1-2-13-36-32-38(27-26-34(36)12-1)37-14-9-15-40(33-37)53(39-30-28-35(29-31-39)41-19-10-21-45-43-17-4-7-23-48(43)54-52(41)45)47-22-6-3-16-42(47)44-20-11-25-50-51(44)46-18-5-8-24-49(46)55-50/h1-33H. The lowest BCUT2D eigenvalue weighted by atomic mass is 9.96. The average molecular weight is 720 g/mol. The van der Waals surface area contributed by atoms with Gasteiger partial charge in [0, 0.05) is 53.4 Å². The highest BCUT2D eigenvalue weighted by Crippen LogP contribution is 2.47. The first-order valence-corrected chi connectivity index (χ1v) is 19.5. The molecule has 2 nitrogen and oxygen atoms in total. The second-order valence-electron chi connectivity index (χ2n) is 14.1. The fraction of sp³-hybridized carbons (Fsp3) is 0. The van der Waals surface area contributed by atoms with Gasteiger partial charge in [-0.25, -0.2) is 0 Å². The summed E-state index contributed by atoms with van der Waals surface area (Å²) in [6, 6.07) is 72.3. The van der Waals surface area contributed by atoms with Crippen molar-refractivity contribution in [3.8, 4) is 33.4 Å². The minimum Gasteiger partial charge on any atom is -0.455 e. The Balaban J connectivity index is 1.10. The summed E-state index contributed by atoms with van der Waals surface area (Å²) < 4.78 is 9.05. The van der Waals surface area contributed by atoms with Crippen LogP contribution in [0.5, 0.6) is 0 Å². The normalized spacial score (nSPS) is 11.6. The van der Waals surface area contributed by atoms with Crippen molar-refractivity contribution < 1.29 is 4.42 Å². The van der Waals surface area contributed by atoms with Crippen molar-refractivity contribution in [3.05, 3.63) is 200 Å². The van der Waals surface area contributed by atoms with Gasteiger partial charge in [0.2, 0.25) is 0 Å². The maximum absolute atomic E-state index is 6.45. The van der Waals surface area contributed by atoms with E-state index in [1.165, 1.54) is 53.2 Å². The molecule has 2 aromatic heterocycles. The summed E-state index contributed by atoms with van der Waals surface area (Å²) in [5.74, 6) is 0. The van der Waals surface area contributed by atoms with Gasteiger partial charge in [0.15, 0.2) is 0 Å². The zero-order valence-electron chi connectivity index (χ0n) is 29.8. The number of fused-ring (bicyclic) bond motifs is 7. The van der Waals surface area contributed by atoms with Crippen molar-refractivity contribution in [2.24, 2.45) is 0 Å². The minimum atomic E-state index is 0.907. The van der Waals surface area contributed by atoms with Gasteiger partial charge in [-0.05, 0) is 87.6 Å². The Labute approximate surface area is 322 Å². The molecular formula is C52H33NOS. The van der Waals surface area contributed by atoms with Crippen molar-refractivity contribution in [1.82, 2.24) is 0 Å². The summed E-state index contributed by atoms with van der Waals surface area (Å²) in [5.41, 5.74) is 12.1. The second-order valence-corrected chi connectivity index (χ2v) is 15.2. The summed E-state index contributed by atoms with van der Waals surface area (Å²) in [4.78, 5) is 2.42. The molecule has 2 heterocycles. The molecule has 0 fully saturated rings. The molecule has 0 saturated carbocycles. The summed E-state index contributed by atoms with van der Waals surface area (Å²) in [6.07, 6.45) is 0. The highest BCUT2D eigenvalue weighted by Gasteiger charge is 2.21. The Hall–Kier alpha value is -6.94. The van der Waals surface area contributed by atoms with Crippen LogP contribution < -0.4 is 4.90 Å². The molecular weight excluding hydrogens is 687 g/mol. The molecule has 9 aromatic carbocycles. The number of rotatable bonds is 6. The predicted molar refractivity (Wildman–Crippen MR) is 235 cm³/mol. The molecule has 0 spiro atoms. The number of nitrogens with zero attached hydrogens (tertiary/aromatic N) is 1. The largest absolute Gasteiger partial charge is 0.455 e. The topological polar surface area (TPSA) is 16.4 Å². The molecule has 258 valence electrons. The van der Waals surface area contributed by atoms with Gasteiger partial charge in [-0.15, -0.1) is 11.3 Å². The molecule has 0 amide bonds. The van der Waals surface area contributed by atoms with E-state index in [-0.39, 0.29) is 0 Å². The molecule has 11 rings (SSSR count). The number of hydrogen-bond donors (Lipinski definition) is 0. The highest BCUT2D eigenvalue weighted by molar-refractivity contribution is 7.25. The molecule has 11 aromatic rings. The van der Waals surface area contributed by atoms with E-state index in [2.05, 4.69) is 193 Å². The molecule has 55 heavy (non-hydrogen) atoms. The Kier molecular flexibility index (Phi) is 7.39. The first-order valence-electron chi connectivity index (χ1n) is 18.7. The number of para-hydroxylation sites is 3. The summed E-state index contributed by atoms with van der Waals surface area (Å²) in [6.45, 7) is 0. The third-order valence-corrected chi connectivity index (χ3v) is 12.0. The van der Waals surface area contributed by atoms with Crippen LogP contribution in [0, 0.1) is 0 Å².